The smallest absolute Gasteiger partial charge is 0.307 e. The Morgan fingerprint density at radius 1 is 1.62 bits per heavy atom. The molecule has 1 N–H and O–H groups in total. The number of rotatable bonds is 2. The van der Waals surface area contributed by atoms with Gasteiger partial charge in [-0.2, -0.15) is 0 Å². The van der Waals surface area contributed by atoms with Crippen molar-refractivity contribution in [1.82, 2.24) is 0 Å². The summed E-state index contributed by atoms with van der Waals surface area (Å²) in [7, 11) is 0. The van der Waals surface area contributed by atoms with Crippen molar-refractivity contribution in [3.8, 4) is 0 Å². The van der Waals surface area contributed by atoms with Gasteiger partial charge in [-0.15, -0.1) is 0 Å². The predicted molar refractivity (Wildman–Crippen MR) is 45.9 cm³/mol. The first-order valence-electron chi connectivity index (χ1n) is 3.77. The normalized spacial score (nSPS) is 10.1. The number of hydrogen-bond acceptors (Lipinski definition) is 1. The van der Waals surface area contributed by atoms with Gasteiger partial charge in [0.15, 0.2) is 0 Å². The van der Waals surface area contributed by atoms with E-state index in [-0.39, 0.29) is 12.0 Å². The standard InChI is InChI=1S/C10H9FO2/c1-6-3-9(11)4-8(7(6)2)5-10(12)13/h1,3-4H,5H2,2H3,(H,12,13). The van der Waals surface area contributed by atoms with Crippen molar-refractivity contribution in [2.24, 2.45) is 0 Å². The van der Waals surface area contributed by atoms with Gasteiger partial charge in [-0.25, -0.2) is 4.39 Å². The fourth-order valence-corrected chi connectivity index (χ4v) is 1.11. The summed E-state index contributed by atoms with van der Waals surface area (Å²) >= 11 is 0. The highest BCUT2D eigenvalue weighted by Gasteiger charge is 2.07. The Morgan fingerprint density at radius 3 is 2.77 bits per heavy atom. The highest BCUT2D eigenvalue weighted by molar-refractivity contribution is 5.71. The van der Waals surface area contributed by atoms with Crippen LogP contribution in [-0.4, -0.2) is 11.1 Å². The first-order chi connectivity index (χ1) is 6.00. The van der Waals surface area contributed by atoms with Crippen LogP contribution in [0.25, 0.3) is 0 Å². The molecule has 0 aromatic heterocycles. The molecule has 0 aliphatic heterocycles. The Kier molecular flexibility index (Phi) is 2.66. The van der Waals surface area contributed by atoms with Gasteiger partial charge in [0, 0.05) is 0 Å². The summed E-state index contributed by atoms with van der Waals surface area (Å²) < 4.78 is 12.8. The monoisotopic (exact) mass is 180 g/mol. The average Bonchev–Trinajstić information content (AvgIpc) is 1.98. The zero-order chi connectivity index (χ0) is 10.0. The molecule has 0 aliphatic carbocycles. The summed E-state index contributed by atoms with van der Waals surface area (Å²) in [4.78, 5) is 10.4. The van der Waals surface area contributed by atoms with Crippen LogP contribution >= 0.6 is 0 Å². The second-order valence-corrected chi connectivity index (χ2v) is 2.85. The first kappa shape index (κ1) is 9.71. The Morgan fingerprint density at radius 2 is 2.23 bits per heavy atom. The molecule has 2 radical (unpaired) electrons. The van der Waals surface area contributed by atoms with E-state index in [0.29, 0.717) is 11.1 Å². The van der Waals surface area contributed by atoms with E-state index in [0.717, 1.165) is 0 Å². The van der Waals surface area contributed by atoms with E-state index in [1.54, 1.807) is 6.92 Å². The first-order valence-corrected chi connectivity index (χ1v) is 3.77. The van der Waals surface area contributed by atoms with Crippen LogP contribution in [0.5, 0.6) is 0 Å². The molecule has 1 aromatic carbocycles. The molecule has 0 saturated heterocycles. The molecule has 0 fully saturated rings. The lowest BCUT2D eigenvalue weighted by Gasteiger charge is -2.06. The van der Waals surface area contributed by atoms with E-state index in [2.05, 4.69) is 0 Å². The molecular formula is C10H9FO2. The number of carbonyl (C=O) groups is 1. The van der Waals surface area contributed by atoms with Gasteiger partial charge < -0.3 is 5.11 Å². The largest absolute Gasteiger partial charge is 0.481 e. The van der Waals surface area contributed by atoms with Crippen molar-refractivity contribution in [3.05, 3.63) is 41.6 Å². The fraction of sp³-hybridized carbons (Fsp3) is 0.200. The lowest BCUT2D eigenvalue weighted by atomic mass is 10.0. The molecule has 2 nitrogen and oxygen atoms in total. The quantitative estimate of drug-likeness (QED) is 0.753. The molecule has 0 aliphatic rings. The second-order valence-electron chi connectivity index (χ2n) is 2.85. The summed E-state index contributed by atoms with van der Waals surface area (Å²) in [5, 5.41) is 8.51. The molecular weight excluding hydrogens is 171 g/mol. The Labute approximate surface area is 76.0 Å². The van der Waals surface area contributed by atoms with E-state index in [4.69, 9.17) is 12.0 Å². The summed E-state index contributed by atoms with van der Waals surface area (Å²) in [6.07, 6.45) is -0.201. The van der Waals surface area contributed by atoms with Gasteiger partial charge in [0.1, 0.15) is 5.82 Å². The second kappa shape index (κ2) is 3.56. The van der Waals surface area contributed by atoms with Gasteiger partial charge >= 0.3 is 5.97 Å². The van der Waals surface area contributed by atoms with Crippen LogP contribution in [0.4, 0.5) is 4.39 Å². The van der Waals surface area contributed by atoms with Crippen molar-refractivity contribution in [3.63, 3.8) is 0 Å². The van der Waals surface area contributed by atoms with Gasteiger partial charge in [-0.3, -0.25) is 4.79 Å². The summed E-state index contributed by atoms with van der Waals surface area (Å²) in [5.74, 6) is -1.49. The topological polar surface area (TPSA) is 37.3 Å². The maximum absolute atomic E-state index is 12.8. The molecule has 1 rings (SSSR count). The molecule has 0 saturated carbocycles. The minimum Gasteiger partial charge on any atom is -0.481 e. The van der Waals surface area contributed by atoms with Gasteiger partial charge in [-0.05, 0) is 42.7 Å². The minimum atomic E-state index is -0.992. The SMILES string of the molecule is [CH]c1cc(F)cc(CC(=O)O)c1C. The van der Waals surface area contributed by atoms with Crippen molar-refractivity contribution < 1.29 is 14.3 Å². The highest BCUT2D eigenvalue weighted by Crippen LogP contribution is 2.15. The van der Waals surface area contributed by atoms with Gasteiger partial charge in [0.05, 0.1) is 6.42 Å². The van der Waals surface area contributed by atoms with Crippen molar-refractivity contribution in [2.75, 3.05) is 0 Å². The zero-order valence-electron chi connectivity index (χ0n) is 7.17. The maximum atomic E-state index is 12.8. The maximum Gasteiger partial charge on any atom is 0.307 e. The van der Waals surface area contributed by atoms with Crippen molar-refractivity contribution in [1.29, 1.82) is 0 Å². The third kappa shape index (κ3) is 2.28. The van der Waals surface area contributed by atoms with E-state index in [9.17, 15) is 9.18 Å². The molecule has 0 amide bonds. The van der Waals surface area contributed by atoms with Crippen LogP contribution in [0.1, 0.15) is 16.7 Å². The fourth-order valence-electron chi connectivity index (χ4n) is 1.11. The lowest BCUT2D eigenvalue weighted by molar-refractivity contribution is -0.136. The van der Waals surface area contributed by atoms with Crippen molar-refractivity contribution >= 4 is 5.97 Å². The van der Waals surface area contributed by atoms with Crippen LogP contribution in [0.15, 0.2) is 12.1 Å². The molecule has 0 atom stereocenters. The number of aliphatic carboxylic acids is 1. The number of halogens is 1. The zero-order valence-corrected chi connectivity index (χ0v) is 7.17. The van der Waals surface area contributed by atoms with E-state index in [1.807, 2.05) is 0 Å². The summed E-state index contributed by atoms with van der Waals surface area (Å²) in [6.45, 7) is 7.14. The van der Waals surface area contributed by atoms with Crippen molar-refractivity contribution in [2.45, 2.75) is 13.3 Å². The Hall–Kier alpha value is -1.38. The molecule has 1 aromatic rings. The summed E-state index contributed by atoms with van der Waals surface area (Å²) in [5.41, 5.74) is 1.34. The number of carboxylic acids is 1. The van der Waals surface area contributed by atoms with Crippen LogP contribution in [-0.2, 0) is 11.2 Å². The minimum absolute atomic E-state index is 0.201. The van der Waals surface area contributed by atoms with Gasteiger partial charge in [0.25, 0.3) is 0 Å². The predicted octanol–water partition coefficient (Wildman–Crippen LogP) is 1.82. The van der Waals surface area contributed by atoms with Crippen LogP contribution < -0.4 is 0 Å². The molecule has 13 heavy (non-hydrogen) atoms. The molecule has 0 heterocycles. The third-order valence-corrected chi connectivity index (χ3v) is 1.86. The Balaban J connectivity index is 3.12. The Bertz CT molecular complexity index is 345. The molecule has 68 valence electrons. The van der Waals surface area contributed by atoms with Gasteiger partial charge in [0.2, 0.25) is 0 Å². The molecule has 0 bridgehead atoms. The lowest BCUT2D eigenvalue weighted by Crippen LogP contribution is -2.03. The highest BCUT2D eigenvalue weighted by atomic mass is 19.1. The van der Waals surface area contributed by atoms with E-state index >= 15 is 0 Å². The summed E-state index contributed by atoms with van der Waals surface area (Å²) in [6, 6.07) is 2.38. The third-order valence-electron chi connectivity index (χ3n) is 1.86. The van der Waals surface area contributed by atoms with Crippen LogP contribution in [0.2, 0.25) is 0 Å². The van der Waals surface area contributed by atoms with E-state index in [1.165, 1.54) is 12.1 Å². The molecule has 3 heteroatoms. The number of carboxylic acid groups (broad SMARTS) is 1. The van der Waals surface area contributed by atoms with Crippen LogP contribution in [0.3, 0.4) is 0 Å². The molecule has 0 spiro atoms. The van der Waals surface area contributed by atoms with Crippen LogP contribution in [0, 0.1) is 19.7 Å². The average molecular weight is 180 g/mol. The number of hydrogen-bond donors (Lipinski definition) is 1. The molecule has 0 unspecified atom stereocenters. The van der Waals surface area contributed by atoms with E-state index < -0.39 is 11.8 Å². The number of benzene rings is 1. The van der Waals surface area contributed by atoms with Gasteiger partial charge in [-0.1, -0.05) is 0 Å².